The molecule has 4 heteroatoms. The number of hydrogen-bond donors (Lipinski definition) is 0. The molecule has 1 aromatic heterocycles. The van der Waals surface area contributed by atoms with Gasteiger partial charge in [-0.2, -0.15) is 0 Å². The van der Waals surface area contributed by atoms with Crippen LogP contribution in [0.3, 0.4) is 0 Å². The lowest BCUT2D eigenvalue weighted by Crippen LogP contribution is -1.96. The predicted molar refractivity (Wildman–Crippen MR) is 68.0 cm³/mol. The van der Waals surface area contributed by atoms with Gasteiger partial charge in [0.2, 0.25) is 0 Å². The molecular weight excluding hydrogens is 243 g/mol. The molecule has 0 radical (unpaired) electrons. The molecule has 0 aliphatic heterocycles. The minimum atomic E-state index is 0.634. The number of aromatic nitrogens is 2. The summed E-state index contributed by atoms with van der Waals surface area (Å²) in [6.07, 6.45) is 2.66. The molecule has 0 fully saturated rings. The minimum absolute atomic E-state index is 0.634. The summed E-state index contributed by atoms with van der Waals surface area (Å²) in [5.74, 6) is 0.634. The lowest BCUT2D eigenvalue weighted by atomic mass is 10.2. The van der Waals surface area contributed by atoms with Crippen molar-refractivity contribution in [3.8, 4) is 11.3 Å². The summed E-state index contributed by atoms with van der Waals surface area (Å²) in [5.41, 5.74) is 1.87. The van der Waals surface area contributed by atoms with Gasteiger partial charge in [-0.25, -0.2) is 4.98 Å². The second kappa shape index (κ2) is 5.37. The molecule has 0 aliphatic carbocycles. The average molecular weight is 255 g/mol. The molecule has 0 saturated heterocycles. The van der Waals surface area contributed by atoms with Crippen molar-refractivity contribution in [2.24, 2.45) is 0 Å². The van der Waals surface area contributed by atoms with Crippen molar-refractivity contribution in [2.45, 2.75) is 13.0 Å². The quantitative estimate of drug-likeness (QED) is 0.759. The van der Waals surface area contributed by atoms with Crippen molar-refractivity contribution in [3.05, 3.63) is 41.8 Å². The summed E-state index contributed by atoms with van der Waals surface area (Å²) in [4.78, 5) is 4.33. The molecule has 1 heterocycles. The van der Waals surface area contributed by atoms with Gasteiger partial charge in [0.1, 0.15) is 10.8 Å². The van der Waals surface area contributed by atoms with Crippen LogP contribution < -0.4 is 0 Å². The summed E-state index contributed by atoms with van der Waals surface area (Å²) in [6.45, 7) is 0.808. The normalized spacial score (nSPS) is 10.6. The van der Waals surface area contributed by atoms with Gasteiger partial charge in [-0.15, -0.1) is 11.6 Å². The highest BCUT2D eigenvalue weighted by Gasteiger charge is 2.09. The maximum absolute atomic E-state index is 6.25. The van der Waals surface area contributed by atoms with E-state index in [0.717, 1.165) is 24.2 Å². The van der Waals surface area contributed by atoms with E-state index in [1.807, 2.05) is 34.9 Å². The van der Waals surface area contributed by atoms with E-state index in [2.05, 4.69) is 4.98 Å². The first-order chi connectivity index (χ1) is 7.83. The topological polar surface area (TPSA) is 17.8 Å². The number of nitrogens with zero attached hydrogens (tertiary/aromatic N) is 2. The van der Waals surface area contributed by atoms with E-state index in [4.69, 9.17) is 23.2 Å². The zero-order valence-electron chi connectivity index (χ0n) is 8.74. The third kappa shape index (κ3) is 2.39. The standard InChI is InChI=1S/C12H12Cl2N2/c13-7-4-8-16-9-15-11(12(16)14)10-5-2-1-3-6-10/h1-3,5-6,9H,4,7-8H2. The maximum atomic E-state index is 6.25. The van der Waals surface area contributed by atoms with Crippen molar-refractivity contribution in [2.75, 3.05) is 5.88 Å². The molecule has 0 amide bonds. The first-order valence-electron chi connectivity index (χ1n) is 5.15. The van der Waals surface area contributed by atoms with Crippen LogP contribution in [0.15, 0.2) is 36.7 Å². The SMILES string of the molecule is ClCCCn1cnc(-c2ccccc2)c1Cl. The molecule has 2 aromatic rings. The fourth-order valence-corrected chi connectivity index (χ4v) is 1.95. The monoisotopic (exact) mass is 254 g/mol. The van der Waals surface area contributed by atoms with E-state index in [-0.39, 0.29) is 0 Å². The smallest absolute Gasteiger partial charge is 0.136 e. The molecular formula is C12H12Cl2N2. The van der Waals surface area contributed by atoms with E-state index < -0.39 is 0 Å². The van der Waals surface area contributed by atoms with Crippen LogP contribution in [0.1, 0.15) is 6.42 Å². The zero-order valence-corrected chi connectivity index (χ0v) is 10.2. The summed E-state index contributed by atoms with van der Waals surface area (Å²) >= 11 is 11.9. The number of alkyl halides is 1. The highest BCUT2D eigenvalue weighted by molar-refractivity contribution is 6.32. The van der Waals surface area contributed by atoms with Gasteiger partial charge in [-0.05, 0) is 6.42 Å². The molecule has 1 aromatic carbocycles. The fraction of sp³-hybridized carbons (Fsp3) is 0.250. The molecule has 0 bridgehead atoms. The van der Waals surface area contributed by atoms with E-state index in [9.17, 15) is 0 Å². The van der Waals surface area contributed by atoms with Gasteiger partial charge < -0.3 is 4.57 Å². The number of hydrogen-bond acceptors (Lipinski definition) is 1. The summed E-state index contributed by atoms with van der Waals surface area (Å²) in [7, 11) is 0. The van der Waals surface area contributed by atoms with E-state index in [0.29, 0.717) is 11.0 Å². The molecule has 84 valence electrons. The van der Waals surface area contributed by atoms with Crippen LogP contribution in [0, 0.1) is 0 Å². The van der Waals surface area contributed by atoms with Crippen molar-refractivity contribution in [3.63, 3.8) is 0 Å². The van der Waals surface area contributed by atoms with Crippen LogP contribution in [-0.4, -0.2) is 15.4 Å². The second-order valence-corrected chi connectivity index (χ2v) is 4.22. The Morgan fingerprint density at radius 3 is 2.62 bits per heavy atom. The van der Waals surface area contributed by atoms with Gasteiger partial charge in [-0.1, -0.05) is 41.9 Å². The molecule has 0 atom stereocenters. The Kier molecular flexibility index (Phi) is 3.86. The zero-order chi connectivity index (χ0) is 11.4. The van der Waals surface area contributed by atoms with Gasteiger partial charge in [0.25, 0.3) is 0 Å². The van der Waals surface area contributed by atoms with Crippen molar-refractivity contribution in [1.29, 1.82) is 0 Å². The van der Waals surface area contributed by atoms with Crippen LogP contribution >= 0.6 is 23.2 Å². The molecule has 0 saturated carbocycles. The Morgan fingerprint density at radius 2 is 1.94 bits per heavy atom. The van der Waals surface area contributed by atoms with Gasteiger partial charge in [0.05, 0.1) is 6.33 Å². The van der Waals surface area contributed by atoms with Crippen LogP contribution in [-0.2, 0) is 6.54 Å². The number of imidazole rings is 1. The van der Waals surface area contributed by atoms with Gasteiger partial charge >= 0.3 is 0 Å². The maximum Gasteiger partial charge on any atom is 0.136 e. The molecule has 0 aliphatic rings. The molecule has 16 heavy (non-hydrogen) atoms. The van der Waals surface area contributed by atoms with Crippen LogP contribution in [0.25, 0.3) is 11.3 Å². The molecule has 0 spiro atoms. The van der Waals surface area contributed by atoms with Crippen LogP contribution in [0.4, 0.5) is 0 Å². The van der Waals surface area contributed by atoms with Crippen LogP contribution in [0.2, 0.25) is 5.15 Å². The Balaban J connectivity index is 2.27. The summed E-state index contributed by atoms with van der Waals surface area (Å²) in [6, 6.07) is 9.93. The highest BCUT2D eigenvalue weighted by Crippen LogP contribution is 2.26. The van der Waals surface area contributed by atoms with Crippen molar-refractivity contribution >= 4 is 23.2 Å². The Morgan fingerprint density at radius 1 is 1.19 bits per heavy atom. The second-order valence-electron chi connectivity index (χ2n) is 3.49. The van der Waals surface area contributed by atoms with Gasteiger partial charge in [-0.3, -0.25) is 0 Å². The first-order valence-corrected chi connectivity index (χ1v) is 6.06. The minimum Gasteiger partial charge on any atom is -0.321 e. The Bertz CT molecular complexity index is 451. The molecule has 0 unspecified atom stereocenters. The lowest BCUT2D eigenvalue weighted by molar-refractivity contribution is 0.682. The summed E-state index contributed by atoms with van der Waals surface area (Å²) < 4.78 is 1.92. The first kappa shape index (κ1) is 11.5. The Labute approximate surface area is 105 Å². The van der Waals surface area contributed by atoms with E-state index in [1.54, 1.807) is 6.33 Å². The lowest BCUT2D eigenvalue weighted by Gasteiger charge is -2.02. The van der Waals surface area contributed by atoms with Gasteiger partial charge in [0.15, 0.2) is 0 Å². The van der Waals surface area contributed by atoms with E-state index >= 15 is 0 Å². The molecule has 0 N–H and O–H groups in total. The van der Waals surface area contributed by atoms with E-state index in [1.165, 1.54) is 0 Å². The number of halogens is 2. The van der Waals surface area contributed by atoms with Crippen molar-refractivity contribution < 1.29 is 0 Å². The predicted octanol–water partition coefficient (Wildman–Crippen LogP) is 3.83. The molecule has 2 rings (SSSR count). The fourth-order valence-electron chi connectivity index (χ4n) is 1.54. The third-order valence-corrected chi connectivity index (χ3v) is 3.02. The average Bonchev–Trinajstić information content (AvgIpc) is 2.69. The summed E-state index contributed by atoms with van der Waals surface area (Å²) in [5, 5.41) is 0.677. The number of rotatable bonds is 4. The molecule has 2 nitrogen and oxygen atoms in total. The van der Waals surface area contributed by atoms with Crippen molar-refractivity contribution in [1.82, 2.24) is 9.55 Å². The number of benzene rings is 1. The number of aryl methyl sites for hydroxylation is 1. The van der Waals surface area contributed by atoms with Crippen LogP contribution in [0.5, 0.6) is 0 Å². The highest BCUT2D eigenvalue weighted by atomic mass is 35.5. The third-order valence-electron chi connectivity index (χ3n) is 2.35. The van der Waals surface area contributed by atoms with Gasteiger partial charge in [0, 0.05) is 18.0 Å². The Hall–Kier alpha value is -0.990. The largest absolute Gasteiger partial charge is 0.321 e.